The molecule has 0 aromatic heterocycles. The second-order valence-corrected chi connectivity index (χ2v) is 12.9. The smallest absolute Gasteiger partial charge is 0.184 e. The highest BCUT2D eigenvalue weighted by Crippen LogP contribution is 2.38. The molecule has 0 spiro atoms. The molecule has 2 heterocycles. The third-order valence-corrected chi connectivity index (χ3v) is 9.24. The summed E-state index contributed by atoms with van der Waals surface area (Å²) in [5, 5.41) is 84.0. The van der Waals surface area contributed by atoms with Gasteiger partial charge in [-0.1, -0.05) is 34.1 Å². The maximum atomic E-state index is 11.3. The average molecular weight is 595 g/mol. The highest BCUT2D eigenvalue weighted by molar-refractivity contribution is 4.96. The topological polar surface area (TPSA) is 199 Å². The minimum atomic E-state index is -1.35. The molecule has 0 radical (unpaired) electrons. The number of aliphatic hydroxyl groups is 8. The van der Waals surface area contributed by atoms with Crippen molar-refractivity contribution in [2.24, 2.45) is 23.7 Å². The second-order valence-electron chi connectivity index (χ2n) is 12.9. The monoisotopic (exact) mass is 594 g/mol. The van der Waals surface area contributed by atoms with Crippen LogP contribution in [0.2, 0.25) is 0 Å². The molecule has 8 N–H and O–H groups in total. The second kappa shape index (κ2) is 15.5. The van der Waals surface area contributed by atoms with E-state index in [1.165, 1.54) is 0 Å². The lowest BCUT2D eigenvalue weighted by Gasteiger charge is -2.48. The van der Waals surface area contributed by atoms with Crippen LogP contribution >= 0.6 is 0 Å². The summed E-state index contributed by atoms with van der Waals surface area (Å²) in [6.07, 6.45) is -9.99. The van der Waals surface area contributed by atoms with Crippen molar-refractivity contribution >= 4 is 0 Å². The van der Waals surface area contributed by atoms with E-state index in [1.54, 1.807) is 13.8 Å². The minimum absolute atomic E-state index is 0.0330. The standard InChI is InChI=1S/C29H54O12/c1-13(2)9-18(32)25(35)16(5)38-28-14(3)7-6-8-19(28)40-29-27(37)17(26(36)22(12-31)41-29)10-20-23(33)15(4)24(34)21(11-30)39-20/h13-37H,6-12H2,1-5H3. The van der Waals surface area contributed by atoms with Gasteiger partial charge in [-0.2, -0.15) is 0 Å². The molecule has 0 aromatic rings. The summed E-state index contributed by atoms with van der Waals surface area (Å²) in [7, 11) is 0. The molecule has 0 bridgehead atoms. The SMILES string of the molecule is CC(C)CC(O)C(O)C(C)OC1C(C)CCCC1OC1OC(CO)C(O)C(CC2OC(CO)C(O)C(C)C2O)C1O. The zero-order valence-electron chi connectivity index (χ0n) is 25.0. The van der Waals surface area contributed by atoms with Gasteiger partial charge in [-0.3, -0.25) is 0 Å². The Kier molecular flexibility index (Phi) is 13.2. The summed E-state index contributed by atoms with van der Waals surface area (Å²) in [6.45, 7) is 8.29. The van der Waals surface area contributed by atoms with Gasteiger partial charge in [-0.05, 0) is 44.4 Å². The van der Waals surface area contributed by atoms with Gasteiger partial charge in [0.1, 0.15) is 24.4 Å². The fourth-order valence-electron chi connectivity index (χ4n) is 6.57. The Morgan fingerprint density at radius 1 is 0.805 bits per heavy atom. The minimum Gasteiger partial charge on any atom is -0.394 e. The molecule has 2 saturated heterocycles. The Labute approximate surface area is 243 Å². The zero-order chi connectivity index (χ0) is 30.6. The van der Waals surface area contributed by atoms with Gasteiger partial charge < -0.3 is 59.8 Å². The molecule has 0 aromatic carbocycles. The quantitative estimate of drug-likeness (QED) is 0.142. The summed E-state index contributed by atoms with van der Waals surface area (Å²) in [5.74, 6) is -1.28. The van der Waals surface area contributed by atoms with Crippen molar-refractivity contribution in [2.75, 3.05) is 13.2 Å². The van der Waals surface area contributed by atoms with Crippen LogP contribution in [-0.4, -0.2) is 134 Å². The number of hydrogen-bond acceptors (Lipinski definition) is 12. The van der Waals surface area contributed by atoms with E-state index in [9.17, 15) is 40.9 Å². The zero-order valence-corrected chi connectivity index (χ0v) is 25.0. The van der Waals surface area contributed by atoms with Crippen LogP contribution in [-0.2, 0) is 18.9 Å². The molecule has 3 aliphatic rings. The number of hydrogen-bond donors (Lipinski definition) is 8. The fourth-order valence-corrected chi connectivity index (χ4v) is 6.57. The summed E-state index contributed by atoms with van der Waals surface area (Å²) in [6, 6.07) is 0. The molecule has 12 nitrogen and oxygen atoms in total. The van der Waals surface area contributed by atoms with Crippen molar-refractivity contribution in [1.82, 2.24) is 0 Å². The van der Waals surface area contributed by atoms with E-state index in [1.807, 2.05) is 20.8 Å². The van der Waals surface area contributed by atoms with Crippen LogP contribution in [0.15, 0.2) is 0 Å². The van der Waals surface area contributed by atoms with Crippen LogP contribution in [0.4, 0.5) is 0 Å². The first-order valence-corrected chi connectivity index (χ1v) is 15.2. The van der Waals surface area contributed by atoms with Crippen LogP contribution in [0.5, 0.6) is 0 Å². The predicted octanol–water partition coefficient (Wildman–Crippen LogP) is -0.704. The first kappa shape index (κ1) is 35.0. The lowest BCUT2D eigenvalue weighted by molar-refractivity contribution is -0.321. The predicted molar refractivity (Wildman–Crippen MR) is 146 cm³/mol. The van der Waals surface area contributed by atoms with Gasteiger partial charge in [0.2, 0.25) is 0 Å². The Balaban J connectivity index is 1.73. The van der Waals surface area contributed by atoms with Crippen LogP contribution in [0.1, 0.15) is 66.7 Å². The Bertz CT molecular complexity index is 770. The Morgan fingerprint density at radius 2 is 1.41 bits per heavy atom. The third kappa shape index (κ3) is 8.37. The summed E-state index contributed by atoms with van der Waals surface area (Å²) >= 11 is 0. The summed E-state index contributed by atoms with van der Waals surface area (Å²) in [5.41, 5.74) is 0. The molecule has 12 heteroatoms. The van der Waals surface area contributed by atoms with E-state index >= 15 is 0 Å². The highest BCUT2D eigenvalue weighted by Gasteiger charge is 2.50. The van der Waals surface area contributed by atoms with Crippen molar-refractivity contribution in [3.8, 4) is 0 Å². The fraction of sp³-hybridized carbons (Fsp3) is 1.00. The number of aliphatic hydroxyl groups excluding tert-OH is 8. The average Bonchev–Trinajstić information content (AvgIpc) is 2.93. The van der Waals surface area contributed by atoms with E-state index in [2.05, 4.69) is 0 Å². The van der Waals surface area contributed by atoms with Gasteiger partial charge in [0, 0.05) is 11.8 Å². The molecule has 16 unspecified atom stereocenters. The molecular formula is C29H54O12. The van der Waals surface area contributed by atoms with Crippen molar-refractivity contribution in [1.29, 1.82) is 0 Å². The molecule has 2 aliphatic heterocycles. The van der Waals surface area contributed by atoms with E-state index in [4.69, 9.17) is 18.9 Å². The number of rotatable bonds is 12. The third-order valence-electron chi connectivity index (χ3n) is 9.24. The lowest BCUT2D eigenvalue weighted by Crippen LogP contribution is -2.61. The van der Waals surface area contributed by atoms with Crippen molar-refractivity contribution in [2.45, 2.75) is 146 Å². The van der Waals surface area contributed by atoms with Gasteiger partial charge >= 0.3 is 0 Å². The normalized spacial score (nSPS) is 44.5. The van der Waals surface area contributed by atoms with Gasteiger partial charge in [0.05, 0.1) is 62.0 Å². The summed E-state index contributed by atoms with van der Waals surface area (Å²) in [4.78, 5) is 0. The summed E-state index contributed by atoms with van der Waals surface area (Å²) < 4.78 is 24.1. The molecule has 1 aliphatic carbocycles. The largest absolute Gasteiger partial charge is 0.394 e. The molecule has 1 saturated carbocycles. The van der Waals surface area contributed by atoms with Crippen molar-refractivity contribution in [3.05, 3.63) is 0 Å². The van der Waals surface area contributed by atoms with Crippen LogP contribution < -0.4 is 0 Å². The Morgan fingerprint density at radius 3 is 2.02 bits per heavy atom. The Hall–Kier alpha value is -0.480. The molecule has 3 rings (SSSR count). The molecule has 41 heavy (non-hydrogen) atoms. The van der Waals surface area contributed by atoms with Gasteiger partial charge in [0.25, 0.3) is 0 Å². The van der Waals surface area contributed by atoms with E-state index < -0.39 is 105 Å². The van der Waals surface area contributed by atoms with Crippen LogP contribution in [0.25, 0.3) is 0 Å². The first-order chi connectivity index (χ1) is 19.3. The molecule has 0 amide bonds. The first-order valence-electron chi connectivity index (χ1n) is 15.2. The number of ether oxygens (including phenoxy) is 4. The van der Waals surface area contributed by atoms with Crippen molar-refractivity contribution < 1.29 is 59.8 Å². The highest BCUT2D eigenvalue weighted by atomic mass is 16.7. The maximum absolute atomic E-state index is 11.3. The van der Waals surface area contributed by atoms with Gasteiger partial charge in [0.15, 0.2) is 6.29 Å². The van der Waals surface area contributed by atoms with Gasteiger partial charge in [-0.15, -0.1) is 0 Å². The molecule has 3 fully saturated rings. The van der Waals surface area contributed by atoms with E-state index in [0.717, 1.165) is 12.8 Å². The van der Waals surface area contributed by atoms with E-state index in [0.29, 0.717) is 12.8 Å². The van der Waals surface area contributed by atoms with E-state index in [-0.39, 0.29) is 18.3 Å². The van der Waals surface area contributed by atoms with Crippen LogP contribution in [0.3, 0.4) is 0 Å². The molecular weight excluding hydrogens is 540 g/mol. The lowest BCUT2D eigenvalue weighted by atomic mass is 9.79. The van der Waals surface area contributed by atoms with Gasteiger partial charge in [-0.25, -0.2) is 0 Å². The van der Waals surface area contributed by atoms with Crippen LogP contribution in [0, 0.1) is 23.7 Å². The molecule has 242 valence electrons. The molecule has 16 atom stereocenters. The van der Waals surface area contributed by atoms with Crippen molar-refractivity contribution in [3.63, 3.8) is 0 Å². The maximum Gasteiger partial charge on any atom is 0.184 e.